The molecule has 1 aromatic heterocycles. The van der Waals surface area contributed by atoms with Crippen molar-refractivity contribution in [1.29, 1.82) is 0 Å². The maximum Gasteiger partial charge on any atom is 0.106 e. The summed E-state index contributed by atoms with van der Waals surface area (Å²) in [6, 6.07) is 6.48. The lowest BCUT2D eigenvalue weighted by molar-refractivity contribution is 0.161. The molecule has 16 heavy (non-hydrogen) atoms. The van der Waals surface area contributed by atoms with Gasteiger partial charge in [-0.05, 0) is 38.5 Å². The molecule has 1 aromatic carbocycles. The molecule has 4 heteroatoms. The Bertz CT molecular complexity index is 502. The van der Waals surface area contributed by atoms with Gasteiger partial charge in [-0.3, -0.25) is 0 Å². The van der Waals surface area contributed by atoms with E-state index in [9.17, 15) is 0 Å². The predicted octanol–water partition coefficient (Wildman–Crippen LogP) is 2.40. The minimum Gasteiger partial charge on any atom is -0.326 e. The molecule has 86 valence electrons. The van der Waals surface area contributed by atoms with E-state index in [1.165, 1.54) is 0 Å². The number of aryl methyl sites for hydroxylation is 1. The van der Waals surface area contributed by atoms with Crippen LogP contribution in [-0.4, -0.2) is 14.8 Å². The van der Waals surface area contributed by atoms with E-state index in [1.807, 2.05) is 19.1 Å². The first-order valence-corrected chi connectivity index (χ1v) is 5.48. The molecule has 0 aliphatic rings. The number of fused-ring (bicyclic) bond motifs is 1. The van der Waals surface area contributed by atoms with Crippen LogP contribution in [0.2, 0.25) is 0 Å². The van der Waals surface area contributed by atoms with Gasteiger partial charge in [0.2, 0.25) is 0 Å². The Hall–Kier alpha value is -1.39. The highest BCUT2D eigenvalue weighted by Gasteiger charge is 2.09. The second-order valence-corrected chi connectivity index (χ2v) is 4.28. The second-order valence-electron chi connectivity index (χ2n) is 4.28. The third-order valence-electron chi connectivity index (χ3n) is 2.73. The van der Waals surface area contributed by atoms with Gasteiger partial charge in [0.25, 0.3) is 0 Å². The van der Waals surface area contributed by atoms with Crippen LogP contribution in [0.5, 0.6) is 0 Å². The number of nitrogens with zero attached hydrogens (tertiary/aromatic N) is 2. The van der Waals surface area contributed by atoms with Crippen molar-refractivity contribution >= 4 is 11.0 Å². The van der Waals surface area contributed by atoms with E-state index >= 15 is 0 Å². The fourth-order valence-electron chi connectivity index (χ4n) is 2.12. The van der Waals surface area contributed by atoms with Gasteiger partial charge in [-0.25, -0.2) is 10.5 Å². The van der Waals surface area contributed by atoms with Gasteiger partial charge in [0.1, 0.15) is 5.82 Å². The number of nitrogens with one attached hydrogen (secondary N) is 1. The molecule has 0 spiro atoms. The van der Waals surface area contributed by atoms with Gasteiger partial charge in [0, 0.05) is 12.6 Å². The monoisotopic (exact) mass is 219 g/mol. The summed E-state index contributed by atoms with van der Waals surface area (Å²) >= 11 is 0. The molecule has 0 radical (unpaired) electrons. The van der Waals surface area contributed by atoms with Gasteiger partial charge in [-0.15, -0.1) is 0 Å². The molecule has 4 nitrogen and oxygen atoms in total. The lowest BCUT2D eigenvalue weighted by Crippen LogP contribution is -2.06. The number of hydroxylamine groups is 1. The van der Waals surface area contributed by atoms with E-state index in [1.54, 1.807) is 0 Å². The van der Waals surface area contributed by atoms with Crippen LogP contribution in [-0.2, 0) is 6.54 Å². The summed E-state index contributed by atoms with van der Waals surface area (Å²) in [6.45, 7) is 6.77. The number of imidazole rings is 1. The molecule has 0 bridgehead atoms. The first kappa shape index (κ1) is 11.1. The highest BCUT2D eigenvalue weighted by atomic mass is 16.5. The summed E-state index contributed by atoms with van der Waals surface area (Å²) in [5.74, 6) is 1.03. The molecular weight excluding hydrogens is 202 g/mol. The Kier molecular flexibility index (Phi) is 2.94. The van der Waals surface area contributed by atoms with Gasteiger partial charge >= 0.3 is 0 Å². The Morgan fingerprint density at radius 2 is 2.19 bits per heavy atom. The van der Waals surface area contributed by atoms with Crippen molar-refractivity contribution in [3.05, 3.63) is 29.6 Å². The zero-order chi connectivity index (χ0) is 11.7. The van der Waals surface area contributed by atoms with Crippen LogP contribution in [0, 0.1) is 6.92 Å². The fourth-order valence-corrected chi connectivity index (χ4v) is 2.12. The highest BCUT2D eigenvalue weighted by molar-refractivity contribution is 5.77. The largest absolute Gasteiger partial charge is 0.326 e. The number of aromatic nitrogens is 2. The number of hydrogen-bond donors (Lipinski definition) is 2. The Morgan fingerprint density at radius 3 is 2.81 bits per heavy atom. The topological polar surface area (TPSA) is 50.1 Å². The van der Waals surface area contributed by atoms with Gasteiger partial charge < -0.3 is 9.77 Å². The first-order valence-electron chi connectivity index (χ1n) is 5.48. The Morgan fingerprint density at radius 1 is 1.44 bits per heavy atom. The predicted molar refractivity (Wildman–Crippen MR) is 63.5 cm³/mol. The zero-order valence-corrected chi connectivity index (χ0v) is 9.86. The van der Waals surface area contributed by atoms with Crippen molar-refractivity contribution in [2.24, 2.45) is 0 Å². The van der Waals surface area contributed by atoms with Crippen molar-refractivity contribution in [1.82, 2.24) is 15.0 Å². The summed E-state index contributed by atoms with van der Waals surface area (Å²) in [4.78, 5) is 4.53. The van der Waals surface area contributed by atoms with Crippen molar-refractivity contribution in [2.75, 3.05) is 0 Å². The minimum absolute atomic E-state index is 0.409. The molecule has 0 unspecified atom stereocenters. The SMILES string of the molecule is Cc1nc2cc(CNO)ccc2n1C(C)C. The molecule has 0 amide bonds. The van der Waals surface area contributed by atoms with Crippen LogP contribution in [0.15, 0.2) is 18.2 Å². The lowest BCUT2D eigenvalue weighted by Gasteiger charge is -2.10. The van der Waals surface area contributed by atoms with Crippen LogP contribution in [0.1, 0.15) is 31.3 Å². The quantitative estimate of drug-likeness (QED) is 0.779. The molecule has 2 rings (SSSR count). The average molecular weight is 219 g/mol. The first-order chi connectivity index (χ1) is 7.63. The van der Waals surface area contributed by atoms with Crippen LogP contribution >= 0.6 is 0 Å². The summed E-state index contributed by atoms with van der Waals surface area (Å²) in [6.07, 6.45) is 0. The summed E-state index contributed by atoms with van der Waals surface area (Å²) in [5, 5.41) is 8.66. The molecular formula is C12H17N3O. The molecule has 2 N–H and O–H groups in total. The van der Waals surface area contributed by atoms with Gasteiger partial charge in [-0.1, -0.05) is 6.07 Å². The molecule has 0 saturated heterocycles. The van der Waals surface area contributed by atoms with Crippen LogP contribution in [0.3, 0.4) is 0 Å². The van der Waals surface area contributed by atoms with E-state index in [0.717, 1.165) is 22.4 Å². The normalized spacial score (nSPS) is 11.6. The van der Waals surface area contributed by atoms with E-state index in [-0.39, 0.29) is 0 Å². The van der Waals surface area contributed by atoms with E-state index in [0.29, 0.717) is 12.6 Å². The Balaban J connectivity index is 2.56. The van der Waals surface area contributed by atoms with Crippen molar-refractivity contribution in [3.8, 4) is 0 Å². The number of benzene rings is 1. The molecule has 0 saturated carbocycles. The maximum absolute atomic E-state index is 8.66. The van der Waals surface area contributed by atoms with Gasteiger partial charge in [0.05, 0.1) is 11.0 Å². The average Bonchev–Trinajstić information content (AvgIpc) is 2.53. The van der Waals surface area contributed by atoms with Crippen molar-refractivity contribution in [2.45, 2.75) is 33.4 Å². The van der Waals surface area contributed by atoms with Crippen LogP contribution in [0.4, 0.5) is 0 Å². The third-order valence-corrected chi connectivity index (χ3v) is 2.73. The van der Waals surface area contributed by atoms with Crippen molar-refractivity contribution in [3.63, 3.8) is 0 Å². The third kappa shape index (κ3) is 1.81. The molecule has 1 heterocycles. The second kappa shape index (κ2) is 4.23. The number of rotatable bonds is 3. The van der Waals surface area contributed by atoms with Gasteiger partial charge in [0.15, 0.2) is 0 Å². The standard InChI is InChI=1S/C12H17N3O/c1-8(2)15-9(3)14-11-6-10(7-13-16)4-5-12(11)15/h4-6,8,13,16H,7H2,1-3H3. The van der Waals surface area contributed by atoms with E-state index in [4.69, 9.17) is 5.21 Å². The molecule has 0 fully saturated rings. The molecule has 2 aromatic rings. The summed E-state index contributed by atoms with van der Waals surface area (Å²) in [7, 11) is 0. The molecule has 0 aliphatic heterocycles. The maximum atomic E-state index is 8.66. The zero-order valence-electron chi connectivity index (χ0n) is 9.86. The molecule has 0 aliphatic carbocycles. The summed E-state index contributed by atoms with van der Waals surface area (Å²) < 4.78 is 2.21. The van der Waals surface area contributed by atoms with E-state index < -0.39 is 0 Å². The smallest absolute Gasteiger partial charge is 0.106 e. The van der Waals surface area contributed by atoms with Crippen LogP contribution < -0.4 is 5.48 Å². The fraction of sp³-hybridized carbons (Fsp3) is 0.417. The van der Waals surface area contributed by atoms with E-state index in [2.05, 4.69) is 34.9 Å². The minimum atomic E-state index is 0.409. The van der Waals surface area contributed by atoms with Crippen molar-refractivity contribution < 1.29 is 5.21 Å². The van der Waals surface area contributed by atoms with Gasteiger partial charge in [-0.2, -0.15) is 0 Å². The van der Waals surface area contributed by atoms with Crippen LogP contribution in [0.25, 0.3) is 11.0 Å². The highest BCUT2D eigenvalue weighted by Crippen LogP contribution is 2.21. The number of hydrogen-bond acceptors (Lipinski definition) is 3. The Labute approximate surface area is 94.9 Å². The lowest BCUT2D eigenvalue weighted by atomic mass is 10.2. The molecule has 0 atom stereocenters. The summed E-state index contributed by atoms with van der Waals surface area (Å²) in [5.41, 5.74) is 5.32.